The van der Waals surface area contributed by atoms with E-state index < -0.39 is 5.60 Å². The summed E-state index contributed by atoms with van der Waals surface area (Å²) in [4.78, 5) is 2.42. The number of β-amino-alcohol motifs (C(OH)–C–C–N with tert-alkyl or cyclic N) is 1. The smallest absolute Gasteiger partial charge is 0.103 e. The van der Waals surface area contributed by atoms with E-state index in [2.05, 4.69) is 4.90 Å². The number of rotatable bonds is 2. The Labute approximate surface area is 91.4 Å². The molecule has 1 saturated carbocycles. The van der Waals surface area contributed by atoms with Crippen molar-refractivity contribution in [2.24, 2.45) is 5.41 Å². The molecule has 3 rings (SSSR count). The van der Waals surface area contributed by atoms with Crippen LogP contribution in [0.3, 0.4) is 0 Å². The highest BCUT2D eigenvalue weighted by Crippen LogP contribution is 2.45. The Balaban J connectivity index is 1.50. The molecule has 0 radical (unpaired) electrons. The third-order valence-corrected chi connectivity index (χ3v) is 4.38. The SMILES string of the molecule is OC1(CN2CC3(CCCC3)C2)CCOC1. The number of ether oxygens (including phenoxy) is 1. The van der Waals surface area contributed by atoms with Crippen LogP contribution in [0.1, 0.15) is 32.1 Å². The summed E-state index contributed by atoms with van der Waals surface area (Å²) in [5.41, 5.74) is 0.107. The van der Waals surface area contributed by atoms with Crippen LogP contribution in [0.2, 0.25) is 0 Å². The van der Waals surface area contributed by atoms with Gasteiger partial charge in [-0.05, 0) is 18.3 Å². The summed E-state index contributed by atoms with van der Waals surface area (Å²) in [6.45, 7) is 4.53. The molecule has 3 aliphatic rings. The van der Waals surface area contributed by atoms with Crippen LogP contribution in [0, 0.1) is 5.41 Å². The van der Waals surface area contributed by atoms with Crippen molar-refractivity contribution in [3.05, 3.63) is 0 Å². The molecule has 3 nitrogen and oxygen atoms in total. The predicted molar refractivity (Wildman–Crippen MR) is 57.7 cm³/mol. The largest absolute Gasteiger partial charge is 0.386 e. The first-order valence-corrected chi connectivity index (χ1v) is 6.22. The van der Waals surface area contributed by atoms with Crippen LogP contribution >= 0.6 is 0 Å². The molecule has 15 heavy (non-hydrogen) atoms. The van der Waals surface area contributed by atoms with E-state index in [4.69, 9.17) is 4.74 Å². The topological polar surface area (TPSA) is 32.7 Å². The molecular formula is C12H21NO2. The van der Waals surface area contributed by atoms with Crippen molar-refractivity contribution in [3.63, 3.8) is 0 Å². The quantitative estimate of drug-likeness (QED) is 0.740. The molecule has 1 spiro atoms. The van der Waals surface area contributed by atoms with Gasteiger partial charge in [0.1, 0.15) is 5.60 Å². The molecule has 2 heterocycles. The summed E-state index contributed by atoms with van der Waals surface area (Å²) in [7, 11) is 0. The number of hydrogen-bond acceptors (Lipinski definition) is 3. The van der Waals surface area contributed by atoms with Crippen molar-refractivity contribution in [3.8, 4) is 0 Å². The van der Waals surface area contributed by atoms with Gasteiger partial charge in [0.25, 0.3) is 0 Å². The Morgan fingerprint density at radius 2 is 1.87 bits per heavy atom. The first-order chi connectivity index (χ1) is 7.20. The minimum atomic E-state index is -0.541. The minimum absolute atomic E-state index is 0.538. The summed E-state index contributed by atoms with van der Waals surface area (Å²) in [5, 5.41) is 10.2. The average molecular weight is 211 g/mol. The van der Waals surface area contributed by atoms with E-state index in [-0.39, 0.29) is 0 Å². The standard InChI is InChI=1S/C12H21NO2/c14-12(5-6-15-10-12)9-13-7-11(8-13)3-1-2-4-11/h14H,1-10H2. The average Bonchev–Trinajstić information content (AvgIpc) is 2.73. The van der Waals surface area contributed by atoms with Crippen molar-refractivity contribution in [2.75, 3.05) is 32.8 Å². The molecule has 86 valence electrons. The first-order valence-electron chi connectivity index (χ1n) is 6.22. The highest BCUT2D eigenvalue weighted by molar-refractivity contribution is 5.00. The summed E-state index contributed by atoms with van der Waals surface area (Å²) < 4.78 is 5.27. The number of likely N-dealkylation sites (tertiary alicyclic amines) is 1. The Morgan fingerprint density at radius 3 is 2.47 bits per heavy atom. The summed E-state index contributed by atoms with van der Waals surface area (Å²) >= 11 is 0. The van der Waals surface area contributed by atoms with Gasteiger partial charge < -0.3 is 9.84 Å². The maximum atomic E-state index is 10.2. The molecule has 2 saturated heterocycles. The van der Waals surface area contributed by atoms with Crippen LogP contribution in [0.4, 0.5) is 0 Å². The van der Waals surface area contributed by atoms with Gasteiger partial charge in [-0.15, -0.1) is 0 Å². The van der Waals surface area contributed by atoms with Crippen molar-refractivity contribution in [1.29, 1.82) is 0 Å². The Hall–Kier alpha value is -0.120. The molecule has 1 N–H and O–H groups in total. The fourth-order valence-electron chi connectivity index (χ4n) is 3.59. The maximum absolute atomic E-state index is 10.2. The van der Waals surface area contributed by atoms with Crippen LogP contribution in [0.5, 0.6) is 0 Å². The number of aliphatic hydroxyl groups is 1. The van der Waals surface area contributed by atoms with E-state index in [0.29, 0.717) is 12.0 Å². The van der Waals surface area contributed by atoms with Gasteiger partial charge in [-0.3, -0.25) is 4.90 Å². The van der Waals surface area contributed by atoms with Crippen LogP contribution in [0.15, 0.2) is 0 Å². The van der Waals surface area contributed by atoms with Gasteiger partial charge in [-0.1, -0.05) is 12.8 Å². The normalized spacial score (nSPS) is 39.8. The van der Waals surface area contributed by atoms with E-state index in [9.17, 15) is 5.11 Å². The van der Waals surface area contributed by atoms with E-state index in [1.807, 2.05) is 0 Å². The van der Waals surface area contributed by atoms with Crippen molar-refractivity contribution in [2.45, 2.75) is 37.7 Å². The molecule has 1 atom stereocenters. The first kappa shape index (κ1) is 10.1. The van der Waals surface area contributed by atoms with Crippen molar-refractivity contribution >= 4 is 0 Å². The van der Waals surface area contributed by atoms with E-state index in [1.165, 1.54) is 38.8 Å². The second kappa shape index (κ2) is 3.44. The van der Waals surface area contributed by atoms with Crippen LogP contribution in [-0.2, 0) is 4.74 Å². The number of hydrogen-bond donors (Lipinski definition) is 1. The molecule has 0 bridgehead atoms. The fraction of sp³-hybridized carbons (Fsp3) is 1.00. The van der Waals surface area contributed by atoms with Crippen molar-refractivity contribution in [1.82, 2.24) is 4.90 Å². The lowest BCUT2D eigenvalue weighted by Crippen LogP contribution is -2.59. The molecule has 0 aromatic heterocycles. The third kappa shape index (κ3) is 1.81. The van der Waals surface area contributed by atoms with Crippen LogP contribution in [-0.4, -0.2) is 48.5 Å². The Kier molecular flexibility index (Phi) is 2.31. The molecule has 3 heteroatoms. The maximum Gasteiger partial charge on any atom is 0.103 e. The van der Waals surface area contributed by atoms with E-state index in [0.717, 1.165) is 19.6 Å². The molecule has 1 aliphatic carbocycles. The minimum Gasteiger partial charge on any atom is -0.386 e. The lowest BCUT2D eigenvalue weighted by molar-refractivity contribution is -0.0671. The van der Waals surface area contributed by atoms with E-state index in [1.54, 1.807) is 0 Å². The monoisotopic (exact) mass is 211 g/mol. The fourth-order valence-corrected chi connectivity index (χ4v) is 3.59. The summed E-state index contributed by atoms with van der Waals surface area (Å²) in [6.07, 6.45) is 6.48. The number of nitrogens with zero attached hydrogens (tertiary/aromatic N) is 1. The van der Waals surface area contributed by atoms with Gasteiger partial charge in [0.05, 0.1) is 6.61 Å². The van der Waals surface area contributed by atoms with Gasteiger partial charge in [0.2, 0.25) is 0 Å². The Morgan fingerprint density at radius 1 is 1.13 bits per heavy atom. The predicted octanol–water partition coefficient (Wildman–Crippen LogP) is 1.01. The van der Waals surface area contributed by atoms with Gasteiger partial charge in [0, 0.05) is 32.7 Å². The third-order valence-electron chi connectivity index (χ3n) is 4.38. The summed E-state index contributed by atoms with van der Waals surface area (Å²) in [5.74, 6) is 0. The Bertz CT molecular complexity index is 234. The second-order valence-electron chi connectivity index (χ2n) is 5.88. The zero-order chi connectivity index (χ0) is 10.4. The lowest BCUT2D eigenvalue weighted by Gasteiger charge is -2.50. The highest BCUT2D eigenvalue weighted by Gasteiger charge is 2.47. The van der Waals surface area contributed by atoms with E-state index >= 15 is 0 Å². The molecule has 0 aromatic carbocycles. The van der Waals surface area contributed by atoms with Gasteiger partial charge >= 0.3 is 0 Å². The van der Waals surface area contributed by atoms with Crippen LogP contribution in [0.25, 0.3) is 0 Å². The molecule has 3 fully saturated rings. The highest BCUT2D eigenvalue weighted by atomic mass is 16.5. The molecule has 1 unspecified atom stereocenters. The zero-order valence-electron chi connectivity index (χ0n) is 9.37. The summed E-state index contributed by atoms with van der Waals surface area (Å²) in [6, 6.07) is 0. The molecular weight excluding hydrogens is 190 g/mol. The van der Waals surface area contributed by atoms with Crippen LogP contribution < -0.4 is 0 Å². The van der Waals surface area contributed by atoms with Gasteiger partial charge in [-0.2, -0.15) is 0 Å². The van der Waals surface area contributed by atoms with Gasteiger partial charge in [-0.25, -0.2) is 0 Å². The zero-order valence-corrected chi connectivity index (χ0v) is 9.37. The second-order valence-corrected chi connectivity index (χ2v) is 5.88. The van der Waals surface area contributed by atoms with Gasteiger partial charge in [0.15, 0.2) is 0 Å². The molecule has 0 aromatic rings. The molecule has 0 amide bonds. The lowest BCUT2D eigenvalue weighted by atomic mass is 9.77. The molecule has 2 aliphatic heterocycles. The van der Waals surface area contributed by atoms with Crippen molar-refractivity contribution < 1.29 is 9.84 Å².